The fourth-order valence-corrected chi connectivity index (χ4v) is 3.12. The summed E-state index contributed by atoms with van der Waals surface area (Å²) in [5, 5.41) is 4.16. The van der Waals surface area contributed by atoms with Crippen LogP contribution in [0.3, 0.4) is 0 Å². The SMILES string of the molecule is COCc1onc(-c2ccc(F)cc2)c1-c1c[nH]c(-c2ccc(CC=O)cc2)n1. The maximum atomic E-state index is 13.3. The highest BCUT2D eigenvalue weighted by atomic mass is 19.1. The average molecular weight is 391 g/mol. The van der Waals surface area contributed by atoms with Crippen molar-refractivity contribution in [3.63, 3.8) is 0 Å². The van der Waals surface area contributed by atoms with Crippen molar-refractivity contribution in [3.8, 4) is 33.9 Å². The number of H-pyrrole nitrogens is 1. The number of aromatic nitrogens is 3. The molecule has 4 aromatic rings. The molecule has 6 nitrogen and oxygen atoms in total. The Bertz CT molecular complexity index is 1120. The van der Waals surface area contributed by atoms with Crippen LogP contribution in [0, 0.1) is 5.82 Å². The summed E-state index contributed by atoms with van der Waals surface area (Å²) in [6.45, 7) is 0.228. The zero-order chi connectivity index (χ0) is 20.2. The lowest BCUT2D eigenvalue weighted by Crippen LogP contribution is -1.91. The van der Waals surface area contributed by atoms with Gasteiger partial charge in [-0.3, -0.25) is 0 Å². The van der Waals surface area contributed by atoms with Gasteiger partial charge in [-0.1, -0.05) is 29.4 Å². The number of halogens is 1. The number of nitrogens with zero attached hydrogens (tertiary/aromatic N) is 2. The van der Waals surface area contributed by atoms with E-state index in [9.17, 15) is 9.18 Å². The standard InChI is InChI=1S/C22H18FN3O3/c1-28-13-19-20(21(26-29-19)15-6-8-17(23)9-7-15)18-12-24-22(25-18)16-4-2-14(3-5-16)10-11-27/h2-9,11-12H,10,13H2,1H3,(H,24,25). The van der Waals surface area contributed by atoms with Gasteiger partial charge in [0, 0.05) is 30.9 Å². The molecule has 0 aliphatic carbocycles. The van der Waals surface area contributed by atoms with Crippen molar-refractivity contribution in [2.75, 3.05) is 7.11 Å². The Morgan fingerprint density at radius 3 is 2.52 bits per heavy atom. The molecule has 29 heavy (non-hydrogen) atoms. The molecule has 0 amide bonds. The molecular weight excluding hydrogens is 373 g/mol. The topological polar surface area (TPSA) is 81.0 Å². The van der Waals surface area contributed by atoms with Crippen LogP contribution in [-0.4, -0.2) is 28.5 Å². The highest BCUT2D eigenvalue weighted by Crippen LogP contribution is 2.35. The largest absolute Gasteiger partial charge is 0.377 e. The summed E-state index contributed by atoms with van der Waals surface area (Å²) in [7, 11) is 1.57. The lowest BCUT2D eigenvalue weighted by Gasteiger charge is -2.02. The van der Waals surface area contributed by atoms with E-state index in [2.05, 4.69) is 10.1 Å². The Morgan fingerprint density at radius 2 is 1.83 bits per heavy atom. The number of aromatic amines is 1. The Morgan fingerprint density at radius 1 is 1.10 bits per heavy atom. The van der Waals surface area contributed by atoms with Crippen LogP contribution in [-0.2, 0) is 22.6 Å². The lowest BCUT2D eigenvalue weighted by atomic mass is 10.0. The molecule has 1 N–H and O–H groups in total. The first-order valence-electron chi connectivity index (χ1n) is 9.01. The number of carbonyl (C=O) groups is 1. The number of rotatable bonds is 7. The van der Waals surface area contributed by atoms with Crippen LogP contribution in [0.2, 0.25) is 0 Å². The molecule has 0 bridgehead atoms. The molecule has 2 heterocycles. The van der Waals surface area contributed by atoms with Crippen molar-refractivity contribution in [2.45, 2.75) is 13.0 Å². The quantitative estimate of drug-likeness (QED) is 0.472. The van der Waals surface area contributed by atoms with E-state index < -0.39 is 0 Å². The van der Waals surface area contributed by atoms with Gasteiger partial charge in [0.15, 0.2) is 5.76 Å². The van der Waals surface area contributed by atoms with Crippen LogP contribution in [0.15, 0.2) is 59.3 Å². The number of methoxy groups -OCH3 is 1. The van der Waals surface area contributed by atoms with Crippen LogP contribution in [0.25, 0.3) is 33.9 Å². The fourth-order valence-electron chi connectivity index (χ4n) is 3.12. The van der Waals surface area contributed by atoms with Gasteiger partial charge in [-0.05, 0) is 29.8 Å². The minimum atomic E-state index is -0.323. The lowest BCUT2D eigenvalue weighted by molar-refractivity contribution is -0.107. The normalized spacial score (nSPS) is 11.0. The minimum absolute atomic E-state index is 0.228. The molecule has 0 atom stereocenters. The Labute approximate surface area is 166 Å². The average Bonchev–Trinajstić information content (AvgIpc) is 3.37. The van der Waals surface area contributed by atoms with E-state index in [1.165, 1.54) is 12.1 Å². The molecule has 0 saturated heterocycles. The Balaban J connectivity index is 1.73. The minimum Gasteiger partial charge on any atom is -0.377 e. The molecule has 0 fully saturated rings. The summed E-state index contributed by atoms with van der Waals surface area (Å²) in [6, 6.07) is 13.6. The molecular formula is C22H18FN3O3. The first-order valence-corrected chi connectivity index (χ1v) is 9.01. The molecule has 4 rings (SSSR count). The predicted molar refractivity (Wildman–Crippen MR) is 105 cm³/mol. The third-order valence-corrected chi connectivity index (χ3v) is 4.54. The van der Waals surface area contributed by atoms with Gasteiger partial charge in [-0.25, -0.2) is 9.37 Å². The second-order valence-electron chi connectivity index (χ2n) is 6.47. The zero-order valence-electron chi connectivity index (χ0n) is 15.7. The van der Waals surface area contributed by atoms with Crippen molar-refractivity contribution in [1.82, 2.24) is 15.1 Å². The summed E-state index contributed by atoms with van der Waals surface area (Å²) in [6.07, 6.45) is 3.03. The van der Waals surface area contributed by atoms with Gasteiger partial charge in [0.05, 0.1) is 11.3 Å². The molecule has 7 heteroatoms. The third-order valence-electron chi connectivity index (χ3n) is 4.54. The van der Waals surface area contributed by atoms with Gasteiger partial charge in [0.2, 0.25) is 0 Å². The van der Waals surface area contributed by atoms with Crippen molar-refractivity contribution in [2.24, 2.45) is 0 Å². The van der Waals surface area contributed by atoms with Crippen LogP contribution in [0.1, 0.15) is 11.3 Å². The fraction of sp³-hybridized carbons (Fsp3) is 0.136. The zero-order valence-corrected chi connectivity index (χ0v) is 15.7. The number of imidazole rings is 1. The highest BCUT2D eigenvalue weighted by molar-refractivity contribution is 5.81. The number of ether oxygens (including phenoxy) is 1. The van der Waals surface area contributed by atoms with Gasteiger partial charge in [0.1, 0.15) is 30.2 Å². The van der Waals surface area contributed by atoms with Crippen LogP contribution in [0.5, 0.6) is 0 Å². The second kappa shape index (κ2) is 8.20. The van der Waals surface area contributed by atoms with E-state index in [0.29, 0.717) is 35.0 Å². The number of benzene rings is 2. The first kappa shape index (κ1) is 18.8. The molecule has 2 aromatic carbocycles. The van der Waals surface area contributed by atoms with Crippen molar-refractivity contribution < 1.29 is 18.4 Å². The van der Waals surface area contributed by atoms with Gasteiger partial charge < -0.3 is 19.0 Å². The molecule has 2 aromatic heterocycles. The second-order valence-corrected chi connectivity index (χ2v) is 6.47. The van der Waals surface area contributed by atoms with E-state index in [4.69, 9.17) is 14.2 Å². The summed E-state index contributed by atoms with van der Waals surface area (Å²) in [4.78, 5) is 18.5. The molecule has 0 unspecified atom stereocenters. The van der Waals surface area contributed by atoms with Gasteiger partial charge in [-0.15, -0.1) is 0 Å². The monoisotopic (exact) mass is 391 g/mol. The van der Waals surface area contributed by atoms with Crippen molar-refractivity contribution in [3.05, 3.63) is 71.9 Å². The summed E-state index contributed by atoms with van der Waals surface area (Å²) >= 11 is 0. The summed E-state index contributed by atoms with van der Waals surface area (Å²) < 4.78 is 24.0. The van der Waals surface area contributed by atoms with E-state index in [1.54, 1.807) is 25.4 Å². The molecule has 0 aliphatic heterocycles. The summed E-state index contributed by atoms with van der Waals surface area (Å²) in [5.74, 6) is 0.884. The number of hydrogen-bond donors (Lipinski definition) is 1. The highest BCUT2D eigenvalue weighted by Gasteiger charge is 2.22. The van der Waals surface area contributed by atoms with E-state index in [0.717, 1.165) is 23.0 Å². The van der Waals surface area contributed by atoms with Crippen molar-refractivity contribution >= 4 is 6.29 Å². The number of aldehydes is 1. The number of carbonyl (C=O) groups excluding carboxylic acids is 1. The maximum absolute atomic E-state index is 13.3. The first-order chi connectivity index (χ1) is 14.2. The Kier molecular flexibility index (Phi) is 5.31. The maximum Gasteiger partial charge on any atom is 0.172 e. The van der Waals surface area contributed by atoms with Crippen LogP contribution < -0.4 is 0 Å². The van der Waals surface area contributed by atoms with Gasteiger partial charge in [0.25, 0.3) is 0 Å². The molecule has 0 saturated carbocycles. The smallest absolute Gasteiger partial charge is 0.172 e. The van der Waals surface area contributed by atoms with E-state index in [1.807, 2.05) is 24.3 Å². The molecule has 0 spiro atoms. The van der Waals surface area contributed by atoms with E-state index in [-0.39, 0.29) is 12.4 Å². The molecule has 0 aliphatic rings. The molecule has 0 radical (unpaired) electrons. The van der Waals surface area contributed by atoms with Gasteiger partial charge in [-0.2, -0.15) is 0 Å². The van der Waals surface area contributed by atoms with Gasteiger partial charge >= 0.3 is 0 Å². The predicted octanol–water partition coefficient (Wildman–Crippen LogP) is 4.43. The third kappa shape index (κ3) is 3.86. The van der Waals surface area contributed by atoms with Crippen molar-refractivity contribution in [1.29, 1.82) is 0 Å². The molecule has 146 valence electrons. The van der Waals surface area contributed by atoms with Crippen LogP contribution in [0.4, 0.5) is 4.39 Å². The Hall–Kier alpha value is -3.58. The van der Waals surface area contributed by atoms with Crippen LogP contribution >= 0.6 is 0 Å². The summed E-state index contributed by atoms with van der Waals surface area (Å²) in [5.41, 5.74) is 4.45. The number of nitrogens with one attached hydrogen (secondary N) is 1. The van der Waals surface area contributed by atoms with E-state index >= 15 is 0 Å². The number of hydrogen-bond acceptors (Lipinski definition) is 5.